The van der Waals surface area contributed by atoms with Gasteiger partial charge in [-0.25, -0.2) is 9.37 Å². The first-order chi connectivity index (χ1) is 12.9. The van der Waals surface area contributed by atoms with Gasteiger partial charge in [0.05, 0.1) is 28.9 Å². The van der Waals surface area contributed by atoms with Gasteiger partial charge in [-0.05, 0) is 36.8 Å². The molecule has 0 radical (unpaired) electrons. The first-order valence-corrected chi connectivity index (χ1v) is 9.08. The number of benzene rings is 2. The lowest BCUT2D eigenvalue weighted by Crippen LogP contribution is -2.46. The third-order valence-electron chi connectivity index (χ3n) is 4.28. The van der Waals surface area contributed by atoms with Crippen LogP contribution in [0.2, 0.25) is 0 Å². The lowest BCUT2D eigenvalue weighted by Gasteiger charge is -2.33. The Morgan fingerprint density at radius 2 is 2.19 bits per heavy atom. The van der Waals surface area contributed by atoms with Gasteiger partial charge in [-0.1, -0.05) is 12.1 Å². The van der Waals surface area contributed by atoms with E-state index < -0.39 is 24.4 Å². The van der Waals surface area contributed by atoms with Crippen LogP contribution in [0, 0.1) is 12.7 Å². The SMILES string of the molecule is Cc1ccc2c(c1)N(Cc1nc3cccc(F)c3s1)C(=O)C(CC(=O)O)O2. The molecule has 27 heavy (non-hydrogen) atoms. The normalized spacial score (nSPS) is 16.3. The molecule has 0 aliphatic carbocycles. The molecule has 1 aliphatic heterocycles. The molecule has 0 saturated heterocycles. The van der Waals surface area contributed by atoms with Crippen molar-refractivity contribution in [3.63, 3.8) is 0 Å². The summed E-state index contributed by atoms with van der Waals surface area (Å²) in [5.74, 6) is -1.48. The number of carbonyl (C=O) groups excluding carboxylic acids is 1. The van der Waals surface area contributed by atoms with Crippen molar-refractivity contribution >= 4 is 39.1 Å². The largest absolute Gasteiger partial charge is 0.481 e. The van der Waals surface area contributed by atoms with Crippen LogP contribution in [-0.2, 0) is 16.1 Å². The van der Waals surface area contributed by atoms with Gasteiger partial charge in [0.15, 0.2) is 6.10 Å². The van der Waals surface area contributed by atoms with E-state index in [9.17, 15) is 14.0 Å². The van der Waals surface area contributed by atoms with E-state index in [1.807, 2.05) is 13.0 Å². The molecule has 1 unspecified atom stereocenters. The van der Waals surface area contributed by atoms with Crippen LogP contribution in [0.3, 0.4) is 0 Å². The number of anilines is 1. The molecule has 1 N–H and O–H groups in total. The first kappa shape index (κ1) is 17.4. The van der Waals surface area contributed by atoms with E-state index in [1.54, 1.807) is 24.3 Å². The monoisotopic (exact) mass is 386 g/mol. The van der Waals surface area contributed by atoms with Crippen molar-refractivity contribution in [3.8, 4) is 5.75 Å². The number of fused-ring (bicyclic) bond motifs is 2. The molecule has 1 amide bonds. The van der Waals surface area contributed by atoms with Gasteiger partial charge in [0.2, 0.25) is 0 Å². The van der Waals surface area contributed by atoms with Gasteiger partial charge in [-0.3, -0.25) is 14.5 Å². The highest BCUT2D eigenvalue weighted by Crippen LogP contribution is 2.37. The van der Waals surface area contributed by atoms with Gasteiger partial charge in [0.25, 0.3) is 5.91 Å². The average molecular weight is 386 g/mol. The molecule has 1 atom stereocenters. The van der Waals surface area contributed by atoms with Crippen molar-refractivity contribution in [3.05, 3.63) is 52.8 Å². The molecule has 6 nitrogen and oxygen atoms in total. The number of thiazole rings is 1. The summed E-state index contributed by atoms with van der Waals surface area (Å²) in [6, 6.07) is 10.0. The number of amides is 1. The van der Waals surface area contributed by atoms with Crippen LogP contribution in [0.15, 0.2) is 36.4 Å². The molecular weight excluding hydrogens is 371 g/mol. The van der Waals surface area contributed by atoms with Crippen LogP contribution in [0.5, 0.6) is 5.75 Å². The van der Waals surface area contributed by atoms with Crippen LogP contribution in [0.1, 0.15) is 17.0 Å². The number of aliphatic carboxylic acids is 1. The summed E-state index contributed by atoms with van der Waals surface area (Å²) in [5.41, 5.74) is 2.02. The number of carboxylic acids is 1. The number of rotatable bonds is 4. The highest BCUT2D eigenvalue weighted by Gasteiger charge is 2.36. The molecule has 2 aromatic carbocycles. The van der Waals surface area contributed by atoms with E-state index in [4.69, 9.17) is 9.84 Å². The number of carboxylic acid groups (broad SMARTS) is 1. The minimum Gasteiger partial charge on any atom is -0.481 e. The lowest BCUT2D eigenvalue weighted by atomic mass is 10.1. The maximum atomic E-state index is 14.0. The number of halogens is 1. The zero-order valence-electron chi connectivity index (χ0n) is 14.3. The van der Waals surface area contributed by atoms with Crippen LogP contribution in [0.25, 0.3) is 10.2 Å². The van der Waals surface area contributed by atoms with Gasteiger partial charge < -0.3 is 9.84 Å². The summed E-state index contributed by atoms with van der Waals surface area (Å²) in [5, 5.41) is 9.64. The second-order valence-corrected chi connectivity index (χ2v) is 7.38. The standard InChI is InChI=1S/C19H15FN2O4S/c1-10-5-6-14-13(7-10)22(19(25)15(26-14)8-17(23)24)9-16-21-12-4-2-3-11(20)18(12)27-16/h2-7,15H,8-9H2,1H3,(H,23,24). The summed E-state index contributed by atoms with van der Waals surface area (Å²) in [6.45, 7) is 2.01. The number of carbonyl (C=O) groups is 2. The Bertz CT molecular complexity index is 1070. The summed E-state index contributed by atoms with van der Waals surface area (Å²) in [6.07, 6.45) is -1.54. The van der Waals surface area contributed by atoms with E-state index in [1.165, 1.54) is 22.3 Å². The maximum absolute atomic E-state index is 14.0. The molecule has 3 aromatic rings. The molecule has 2 heterocycles. The average Bonchev–Trinajstić information content (AvgIpc) is 3.03. The Morgan fingerprint density at radius 1 is 1.37 bits per heavy atom. The Morgan fingerprint density at radius 3 is 2.93 bits per heavy atom. The molecule has 138 valence electrons. The molecule has 4 rings (SSSR count). The van der Waals surface area contributed by atoms with Crippen LogP contribution in [-0.4, -0.2) is 28.1 Å². The van der Waals surface area contributed by atoms with E-state index in [2.05, 4.69) is 4.98 Å². The molecule has 0 saturated carbocycles. The predicted octanol–water partition coefficient (Wildman–Crippen LogP) is 3.51. The van der Waals surface area contributed by atoms with Gasteiger partial charge >= 0.3 is 5.97 Å². The second-order valence-electron chi connectivity index (χ2n) is 6.30. The lowest BCUT2D eigenvalue weighted by molar-refractivity contribution is -0.142. The summed E-state index contributed by atoms with van der Waals surface area (Å²) in [7, 11) is 0. The molecule has 0 spiro atoms. The van der Waals surface area contributed by atoms with Gasteiger partial charge in [0, 0.05) is 0 Å². The number of aryl methyl sites for hydroxylation is 1. The number of nitrogens with zero attached hydrogens (tertiary/aromatic N) is 2. The Balaban J connectivity index is 1.74. The van der Waals surface area contributed by atoms with E-state index in [0.29, 0.717) is 26.7 Å². The number of ether oxygens (including phenoxy) is 1. The summed E-state index contributed by atoms with van der Waals surface area (Å²) in [4.78, 5) is 29.8. The Kier molecular flexibility index (Phi) is 4.27. The van der Waals surface area contributed by atoms with Crippen LogP contribution in [0.4, 0.5) is 10.1 Å². The number of aromatic nitrogens is 1. The molecule has 1 aromatic heterocycles. The fourth-order valence-corrected chi connectivity index (χ4v) is 4.01. The second kappa shape index (κ2) is 6.62. The molecule has 8 heteroatoms. The minimum atomic E-state index is -1.12. The molecule has 1 aliphatic rings. The quantitative estimate of drug-likeness (QED) is 0.742. The third-order valence-corrected chi connectivity index (χ3v) is 5.34. The maximum Gasteiger partial charge on any atom is 0.307 e. The minimum absolute atomic E-state index is 0.119. The van der Waals surface area contributed by atoms with E-state index >= 15 is 0 Å². The van der Waals surface area contributed by atoms with Gasteiger partial charge in [-0.15, -0.1) is 11.3 Å². The fraction of sp³-hybridized carbons (Fsp3) is 0.211. The number of hydrogen-bond acceptors (Lipinski definition) is 5. The Hall–Kier alpha value is -3.00. The topological polar surface area (TPSA) is 79.7 Å². The van der Waals surface area contributed by atoms with Crippen molar-refractivity contribution < 1.29 is 23.8 Å². The van der Waals surface area contributed by atoms with Crippen molar-refractivity contribution in [2.45, 2.75) is 26.0 Å². The fourth-order valence-electron chi connectivity index (χ4n) is 3.05. The highest BCUT2D eigenvalue weighted by atomic mass is 32.1. The predicted molar refractivity (Wildman–Crippen MR) is 98.6 cm³/mol. The molecule has 0 bridgehead atoms. The summed E-state index contributed by atoms with van der Waals surface area (Å²) < 4.78 is 20.0. The third kappa shape index (κ3) is 3.23. The van der Waals surface area contributed by atoms with Crippen LogP contribution >= 0.6 is 11.3 Å². The first-order valence-electron chi connectivity index (χ1n) is 8.27. The van der Waals surface area contributed by atoms with Gasteiger partial charge in [0.1, 0.15) is 16.6 Å². The highest BCUT2D eigenvalue weighted by molar-refractivity contribution is 7.18. The van der Waals surface area contributed by atoms with E-state index in [-0.39, 0.29) is 12.4 Å². The molecular formula is C19H15FN2O4S. The number of hydrogen-bond donors (Lipinski definition) is 1. The van der Waals surface area contributed by atoms with E-state index in [0.717, 1.165) is 5.56 Å². The molecule has 0 fully saturated rings. The van der Waals surface area contributed by atoms with Gasteiger partial charge in [-0.2, -0.15) is 0 Å². The van der Waals surface area contributed by atoms with Crippen molar-refractivity contribution in [2.75, 3.05) is 4.90 Å². The van der Waals surface area contributed by atoms with Crippen molar-refractivity contribution in [1.29, 1.82) is 0 Å². The zero-order valence-corrected chi connectivity index (χ0v) is 15.1. The zero-order chi connectivity index (χ0) is 19.1. The van der Waals surface area contributed by atoms with Crippen molar-refractivity contribution in [1.82, 2.24) is 4.98 Å². The summed E-state index contributed by atoms with van der Waals surface area (Å²) >= 11 is 1.18. The Labute approximate surface area is 157 Å². The smallest absolute Gasteiger partial charge is 0.307 e. The van der Waals surface area contributed by atoms with Crippen LogP contribution < -0.4 is 9.64 Å². The van der Waals surface area contributed by atoms with Crippen molar-refractivity contribution in [2.24, 2.45) is 0 Å².